The number of hydrogen-bond acceptors (Lipinski definition) is 4. The molecular formula is C16H23NO4. The highest BCUT2D eigenvalue weighted by Gasteiger charge is 2.47. The number of carbonyl (C=O) groups is 1. The molecule has 2 aliphatic heterocycles. The number of likely N-dealkylation sites (tertiary alicyclic amines) is 1. The molecule has 0 spiro atoms. The zero-order chi connectivity index (χ0) is 14.7. The van der Waals surface area contributed by atoms with Crippen LogP contribution >= 0.6 is 0 Å². The van der Waals surface area contributed by atoms with Crippen molar-refractivity contribution in [1.29, 1.82) is 0 Å². The highest BCUT2D eigenvalue weighted by molar-refractivity contribution is 5.91. The molecule has 2 fully saturated rings. The van der Waals surface area contributed by atoms with Crippen LogP contribution in [0, 0.1) is 5.41 Å². The van der Waals surface area contributed by atoms with E-state index in [-0.39, 0.29) is 17.4 Å². The molecule has 0 N–H and O–H groups in total. The van der Waals surface area contributed by atoms with Crippen LogP contribution in [0.5, 0.6) is 0 Å². The molecule has 2 saturated heterocycles. The van der Waals surface area contributed by atoms with Gasteiger partial charge in [0.15, 0.2) is 5.76 Å². The molecule has 2 aliphatic rings. The maximum Gasteiger partial charge on any atom is 0.289 e. The van der Waals surface area contributed by atoms with Crippen molar-refractivity contribution >= 4 is 5.91 Å². The minimum Gasteiger partial charge on any atom is -0.459 e. The number of ether oxygens (including phenoxy) is 2. The molecule has 3 rings (SSSR count). The summed E-state index contributed by atoms with van der Waals surface area (Å²) in [7, 11) is 0. The van der Waals surface area contributed by atoms with E-state index in [0.717, 1.165) is 32.4 Å². The number of rotatable bonds is 4. The molecule has 116 valence electrons. The SMILES string of the molecule is CCOC[C@]12CCCO[C@H]1CCN(C(=O)c1ccco1)C2. The van der Waals surface area contributed by atoms with Crippen molar-refractivity contribution in [2.24, 2.45) is 5.41 Å². The Morgan fingerprint density at radius 3 is 3.24 bits per heavy atom. The van der Waals surface area contributed by atoms with E-state index in [1.54, 1.807) is 18.4 Å². The van der Waals surface area contributed by atoms with Gasteiger partial charge in [0.05, 0.1) is 19.0 Å². The third kappa shape index (κ3) is 2.85. The van der Waals surface area contributed by atoms with Crippen LogP contribution in [0.25, 0.3) is 0 Å². The predicted octanol–water partition coefficient (Wildman–Crippen LogP) is 2.33. The number of fused-ring (bicyclic) bond motifs is 1. The van der Waals surface area contributed by atoms with Crippen molar-refractivity contribution in [1.82, 2.24) is 4.90 Å². The second-order valence-electron chi connectivity index (χ2n) is 5.96. The third-order valence-corrected chi connectivity index (χ3v) is 4.60. The largest absolute Gasteiger partial charge is 0.459 e. The first-order valence-corrected chi connectivity index (χ1v) is 7.77. The average molecular weight is 293 g/mol. The van der Waals surface area contributed by atoms with E-state index < -0.39 is 0 Å². The summed E-state index contributed by atoms with van der Waals surface area (Å²) >= 11 is 0. The molecule has 1 aromatic rings. The molecular weight excluding hydrogens is 270 g/mol. The number of furan rings is 1. The molecule has 5 nitrogen and oxygen atoms in total. The summed E-state index contributed by atoms with van der Waals surface area (Å²) in [5.74, 6) is 0.386. The molecule has 21 heavy (non-hydrogen) atoms. The Kier molecular flexibility index (Phi) is 4.31. The Hall–Kier alpha value is -1.33. The van der Waals surface area contributed by atoms with Gasteiger partial charge in [-0.1, -0.05) is 0 Å². The van der Waals surface area contributed by atoms with Crippen LogP contribution in [0.1, 0.15) is 36.7 Å². The minimum atomic E-state index is -0.0608. The van der Waals surface area contributed by atoms with Crippen LogP contribution in [-0.2, 0) is 9.47 Å². The van der Waals surface area contributed by atoms with Gasteiger partial charge in [0.2, 0.25) is 0 Å². The normalized spacial score (nSPS) is 29.2. The lowest BCUT2D eigenvalue weighted by molar-refractivity contribution is -0.146. The Balaban J connectivity index is 1.76. The van der Waals surface area contributed by atoms with Crippen molar-refractivity contribution < 1.29 is 18.7 Å². The van der Waals surface area contributed by atoms with Gasteiger partial charge in [-0.15, -0.1) is 0 Å². The zero-order valence-corrected chi connectivity index (χ0v) is 12.5. The van der Waals surface area contributed by atoms with Gasteiger partial charge in [-0.3, -0.25) is 4.79 Å². The fourth-order valence-corrected chi connectivity index (χ4v) is 3.54. The first kappa shape index (κ1) is 14.6. The Bertz CT molecular complexity index is 473. The second kappa shape index (κ2) is 6.20. The molecule has 1 amide bonds. The summed E-state index contributed by atoms with van der Waals surface area (Å²) in [6, 6.07) is 3.47. The van der Waals surface area contributed by atoms with Crippen molar-refractivity contribution in [3.63, 3.8) is 0 Å². The predicted molar refractivity (Wildman–Crippen MR) is 77.1 cm³/mol. The maximum absolute atomic E-state index is 12.5. The summed E-state index contributed by atoms with van der Waals surface area (Å²) in [5, 5.41) is 0. The molecule has 0 bridgehead atoms. The topological polar surface area (TPSA) is 51.9 Å². The van der Waals surface area contributed by atoms with Gasteiger partial charge in [-0.05, 0) is 38.3 Å². The fraction of sp³-hybridized carbons (Fsp3) is 0.688. The molecule has 0 saturated carbocycles. The first-order valence-electron chi connectivity index (χ1n) is 7.77. The van der Waals surface area contributed by atoms with E-state index in [4.69, 9.17) is 13.9 Å². The Morgan fingerprint density at radius 1 is 1.57 bits per heavy atom. The van der Waals surface area contributed by atoms with E-state index in [1.165, 1.54) is 0 Å². The van der Waals surface area contributed by atoms with Crippen molar-refractivity contribution in [2.75, 3.05) is 32.9 Å². The van der Waals surface area contributed by atoms with Crippen LogP contribution in [0.4, 0.5) is 0 Å². The summed E-state index contributed by atoms with van der Waals surface area (Å²) in [5.41, 5.74) is -0.0608. The lowest BCUT2D eigenvalue weighted by Gasteiger charge is -2.50. The fourth-order valence-electron chi connectivity index (χ4n) is 3.54. The van der Waals surface area contributed by atoms with Crippen LogP contribution in [0.15, 0.2) is 22.8 Å². The number of piperidine rings is 1. The number of nitrogens with zero attached hydrogens (tertiary/aromatic N) is 1. The molecule has 0 aromatic carbocycles. The van der Waals surface area contributed by atoms with Gasteiger partial charge >= 0.3 is 0 Å². The maximum atomic E-state index is 12.5. The molecule has 5 heteroatoms. The van der Waals surface area contributed by atoms with Crippen LogP contribution in [-0.4, -0.2) is 49.8 Å². The summed E-state index contributed by atoms with van der Waals surface area (Å²) < 4.78 is 16.9. The quantitative estimate of drug-likeness (QED) is 0.855. The molecule has 2 atom stereocenters. The van der Waals surface area contributed by atoms with Gasteiger partial charge in [0, 0.05) is 31.7 Å². The number of amides is 1. The van der Waals surface area contributed by atoms with E-state index >= 15 is 0 Å². The lowest BCUT2D eigenvalue weighted by Crippen LogP contribution is -2.58. The molecule has 3 heterocycles. The number of carbonyl (C=O) groups excluding carboxylic acids is 1. The minimum absolute atomic E-state index is 0.0279. The first-order chi connectivity index (χ1) is 10.2. The molecule has 0 radical (unpaired) electrons. The Labute approximate surface area is 125 Å². The Morgan fingerprint density at radius 2 is 2.48 bits per heavy atom. The highest BCUT2D eigenvalue weighted by atomic mass is 16.5. The van der Waals surface area contributed by atoms with Gasteiger partial charge in [-0.2, -0.15) is 0 Å². The second-order valence-corrected chi connectivity index (χ2v) is 5.96. The smallest absolute Gasteiger partial charge is 0.289 e. The van der Waals surface area contributed by atoms with Crippen LogP contribution < -0.4 is 0 Å². The lowest BCUT2D eigenvalue weighted by atomic mass is 9.73. The van der Waals surface area contributed by atoms with Crippen LogP contribution in [0.2, 0.25) is 0 Å². The van der Waals surface area contributed by atoms with Crippen molar-refractivity contribution in [3.05, 3.63) is 24.2 Å². The zero-order valence-electron chi connectivity index (χ0n) is 12.5. The standard InChI is InChI=1S/C16H23NO4/c1-2-19-12-16-7-4-10-21-14(16)6-8-17(11-16)15(18)13-5-3-9-20-13/h3,5,9,14H,2,4,6-8,10-12H2,1H3/t14-,16+/m0/s1. The summed E-state index contributed by atoms with van der Waals surface area (Å²) in [6.07, 6.45) is 4.71. The van der Waals surface area contributed by atoms with E-state index in [9.17, 15) is 4.79 Å². The van der Waals surface area contributed by atoms with E-state index in [1.807, 2.05) is 11.8 Å². The van der Waals surface area contributed by atoms with E-state index in [2.05, 4.69) is 0 Å². The van der Waals surface area contributed by atoms with Crippen molar-refractivity contribution in [3.8, 4) is 0 Å². The van der Waals surface area contributed by atoms with Crippen LogP contribution in [0.3, 0.4) is 0 Å². The number of hydrogen-bond donors (Lipinski definition) is 0. The van der Waals surface area contributed by atoms with Gasteiger partial charge in [0.25, 0.3) is 5.91 Å². The molecule has 1 aromatic heterocycles. The monoisotopic (exact) mass is 293 g/mol. The van der Waals surface area contributed by atoms with Gasteiger partial charge < -0.3 is 18.8 Å². The highest BCUT2D eigenvalue weighted by Crippen LogP contribution is 2.40. The third-order valence-electron chi connectivity index (χ3n) is 4.60. The van der Waals surface area contributed by atoms with E-state index in [0.29, 0.717) is 25.5 Å². The van der Waals surface area contributed by atoms with Gasteiger partial charge in [0.1, 0.15) is 0 Å². The average Bonchev–Trinajstić information content (AvgIpc) is 3.06. The molecule has 0 unspecified atom stereocenters. The molecule has 0 aliphatic carbocycles. The summed E-state index contributed by atoms with van der Waals surface area (Å²) in [6.45, 7) is 5.60. The summed E-state index contributed by atoms with van der Waals surface area (Å²) in [4.78, 5) is 14.4. The van der Waals surface area contributed by atoms with Gasteiger partial charge in [-0.25, -0.2) is 0 Å². The van der Waals surface area contributed by atoms with Crippen molar-refractivity contribution in [2.45, 2.75) is 32.3 Å².